The quantitative estimate of drug-likeness (QED) is 0.725. The number of rotatable bonds is 7. The molecule has 0 radical (unpaired) electrons. The lowest BCUT2D eigenvalue weighted by Gasteiger charge is -2.31. The van der Waals surface area contributed by atoms with E-state index in [0.29, 0.717) is 25.6 Å². The molecule has 0 atom stereocenters. The fourth-order valence-electron chi connectivity index (χ4n) is 2.47. The Kier molecular flexibility index (Phi) is 6.45. The molecule has 1 aliphatic heterocycles. The summed E-state index contributed by atoms with van der Waals surface area (Å²) < 4.78 is 10.6. The predicted molar refractivity (Wildman–Crippen MR) is 83.9 cm³/mol. The van der Waals surface area contributed by atoms with E-state index in [9.17, 15) is 4.79 Å². The van der Waals surface area contributed by atoms with Crippen molar-refractivity contribution in [2.24, 2.45) is 0 Å². The number of anilines is 1. The van der Waals surface area contributed by atoms with Crippen LogP contribution in [0.4, 0.5) is 5.13 Å². The zero-order valence-corrected chi connectivity index (χ0v) is 13.7. The van der Waals surface area contributed by atoms with Gasteiger partial charge >= 0.3 is 5.97 Å². The summed E-state index contributed by atoms with van der Waals surface area (Å²) in [6.07, 6.45) is 3.58. The number of hydrogen-bond donors (Lipinski definition) is 0. The van der Waals surface area contributed by atoms with Gasteiger partial charge in [-0.2, -0.15) is 0 Å². The van der Waals surface area contributed by atoms with Crippen molar-refractivity contribution in [3.63, 3.8) is 0 Å². The molecule has 0 unspecified atom stereocenters. The molecule has 6 heteroatoms. The zero-order valence-electron chi connectivity index (χ0n) is 12.8. The van der Waals surface area contributed by atoms with Gasteiger partial charge in [0.1, 0.15) is 0 Å². The summed E-state index contributed by atoms with van der Waals surface area (Å²) in [5, 5.41) is 3.10. The second kappa shape index (κ2) is 8.34. The van der Waals surface area contributed by atoms with E-state index in [1.807, 2.05) is 19.2 Å². The van der Waals surface area contributed by atoms with Gasteiger partial charge in [-0.05, 0) is 26.7 Å². The minimum Gasteiger partial charge on any atom is -0.466 e. The van der Waals surface area contributed by atoms with Gasteiger partial charge in [0.05, 0.1) is 24.8 Å². The number of esters is 1. The lowest BCUT2D eigenvalue weighted by atomic mass is 10.1. The van der Waals surface area contributed by atoms with E-state index in [0.717, 1.165) is 43.4 Å². The molecule has 21 heavy (non-hydrogen) atoms. The Balaban J connectivity index is 1.79. The van der Waals surface area contributed by atoms with E-state index in [4.69, 9.17) is 9.47 Å². The standard InChI is InChI=1S/C15H24N2O3S/c1-3-19-13-7-9-17(10-8-13)15-16-12(11-21-15)5-6-14(18)20-4-2/h11,13H,3-10H2,1-2H3. The molecule has 1 fully saturated rings. The molecular formula is C15H24N2O3S. The smallest absolute Gasteiger partial charge is 0.306 e. The number of carbonyl (C=O) groups is 1. The van der Waals surface area contributed by atoms with Gasteiger partial charge in [0, 0.05) is 31.5 Å². The molecule has 118 valence electrons. The van der Waals surface area contributed by atoms with E-state index < -0.39 is 0 Å². The van der Waals surface area contributed by atoms with Gasteiger partial charge in [0.25, 0.3) is 0 Å². The van der Waals surface area contributed by atoms with Crippen molar-refractivity contribution in [3.05, 3.63) is 11.1 Å². The highest BCUT2D eigenvalue weighted by Crippen LogP contribution is 2.25. The first kappa shape index (κ1) is 16.2. The van der Waals surface area contributed by atoms with Crippen molar-refractivity contribution >= 4 is 22.4 Å². The van der Waals surface area contributed by atoms with Crippen LogP contribution in [0.2, 0.25) is 0 Å². The van der Waals surface area contributed by atoms with Crippen molar-refractivity contribution in [1.82, 2.24) is 4.98 Å². The van der Waals surface area contributed by atoms with Gasteiger partial charge in [-0.25, -0.2) is 4.98 Å². The molecule has 0 aromatic carbocycles. The number of carbonyl (C=O) groups excluding carboxylic acids is 1. The lowest BCUT2D eigenvalue weighted by Crippen LogP contribution is -2.37. The largest absolute Gasteiger partial charge is 0.466 e. The second-order valence-electron chi connectivity index (χ2n) is 5.07. The van der Waals surface area contributed by atoms with Gasteiger partial charge in [-0.1, -0.05) is 0 Å². The highest BCUT2D eigenvalue weighted by Gasteiger charge is 2.21. The number of nitrogens with zero attached hydrogens (tertiary/aromatic N) is 2. The van der Waals surface area contributed by atoms with Crippen molar-refractivity contribution in [1.29, 1.82) is 0 Å². The number of aryl methyl sites for hydroxylation is 1. The van der Waals surface area contributed by atoms with Crippen LogP contribution in [0.5, 0.6) is 0 Å². The Bertz CT molecular complexity index is 442. The molecule has 0 amide bonds. The summed E-state index contributed by atoms with van der Waals surface area (Å²) in [4.78, 5) is 18.3. The molecule has 0 aliphatic carbocycles. The van der Waals surface area contributed by atoms with Crippen molar-refractivity contribution in [3.8, 4) is 0 Å². The van der Waals surface area contributed by atoms with E-state index in [2.05, 4.69) is 9.88 Å². The topological polar surface area (TPSA) is 51.7 Å². The van der Waals surface area contributed by atoms with Gasteiger partial charge < -0.3 is 14.4 Å². The maximum atomic E-state index is 11.4. The molecule has 0 saturated carbocycles. The second-order valence-corrected chi connectivity index (χ2v) is 5.90. The van der Waals surface area contributed by atoms with Gasteiger partial charge in [-0.15, -0.1) is 11.3 Å². The molecule has 2 heterocycles. The van der Waals surface area contributed by atoms with Crippen molar-refractivity contribution in [2.75, 3.05) is 31.2 Å². The first-order valence-electron chi connectivity index (χ1n) is 7.69. The molecule has 0 bridgehead atoms. The zero-order chi connectivity index (χ0) is 15.1. The van der Waals surface area contributed by atoms with Crippen LogP contribution in [-0.4, -0.2) is 43.4 Å². The van der Waals surface area contributed by atoms with E-state index >= 15 is 0 Å². The van der Waals surface area contributed by atoms with Crippen LogP contribution in [0.1, 0.15) is 38.8 Å². The van der Waals surface area contributed by atoms with Crippen LogP contribution in [0.3, 0.4) is 0 Å². The van der Waals surface area contributed by atoms with Crippen LogP contribution in [0, 0.1) is 0 Å². The lowest BCUT2D eigenvalue weighted by molar-refractivity contribution is -0.143. The number of hydrogen-bond acceptors (Lipinski definition) is 6. The summed E-state index contributed by atoms with van der Waals surface area (Å²) in [5.41, 5.74) is 0.981. The minimum atomic E-state index is -0.149. The molecule has 2 rings (SSSR count). The number of piperidine rings is 1. The average molecular weight is 312 g/mol. The molecule has 1 aliphatic rings. The van der Waals surface area contributed by atoms with Crippen molar-refractivity contribution in [2.45, 2.75) is 45.6 Å². The fraction of sp³-hybridized carbons (Fsp3) is 0.733. The molecule has 1 saturated heterocycles. The third-order valence-electron chi connectivity index (χ3n) is 3.55. The maximum Gasteiger partial charge on any atom is 0.306 e. The monoisotopic (exact) mass is 312 g/mol. The summed E-state index contributed by atoms with van der Waals surface area (Å²) in [7, 11) is 0. The predicted octanol–water partition coefficient (Wildman–Crippen LogP) is 2.64. The van der Waals surface area contributed by atoms with Crippen LogP contribution in [-0.2, 0) is 20.7 Å². The third-order valence-corrected chi connectivity index (χ3v) is 4.50. The Hall–Kier alpha value is -1.14. The highest BCUT2D eigenvalue weighted by atomic mass is 32.1. The summed E-state index contributed by atoms with van der Waals surface area (Å²) in [5.74, 6) is -0.149. The van der Waals surface area contributed by atoms with Gasteiger partial charge in [0.2, 0.25) is 0 Å². The summed E-state index contributed by atoms with van der Waals surface area (Å²) >= 11 is 1.66. The summed E-state index contributed by atoms with van der Waals surface area (Å²) in [6.45, 7) is 7.09. The minimum absolute atomic E-state index is 0.149. The number of ether oxygens (including phenoxy) is 2. The van der Waals surface area contributed by atoms with Gasteiger partial charge in [0.15, 0.2) is 5.13 Å². The number of thiazole rings is 1. The molecule has 5 nitrogen and oxygen atoms in total. The van der Waals surface area contributed by atoms with Crippen LogP contribution in [0.15, 0.2) is 5.38 Å². The van der Waals surface area contributed by atoms with E-state index in [1.165, 1.54) is 0 Å². The average Bonchev–Trinajstić information content (AvgIpc) is 2.95. The molecule has 0 N–H and O–H groups in total. The Morgan fingerprint density at radius 1 is 1.38 bits per heavy atom. The van der Waals surface area contributed by atoms with Crippen LogP contribution >= 0.6 is 11.3 Å². The first-order chi connectivity index (χ1) is 10.2. The van der Waals surface area contributed by atoms with Crippen LogP contribution in [0.25, 0.3) is 0 Å². The Morgan fingerprint density at radius 2 is 2.14 bits per heavy atom. The Morgan fingerprint density at radius 3 is 2.81 bits per heavy atom. The van der Waals surface area contributed by atoms with Crippen molar-refractivity contribution < 1.29 is 14.3 Å². The third kappa shape index (κ3) is 4.97. The molecular weight excluding hydrogens is 288 g/mol. The highest BCUT2D eigenvalue weighted by molar-refractivity contribution is 7.13. The van der Waals surface area contributed by atoms with Gasteiger partial charge in [-0.3, -0.25) is 4.79 Å². The Labute approximate surface area is 130 Å². The number of aromatic nitrogens is 1. The summed E-state index contributed by atoms with van der Waals surface area (Å²) in [6, 6.07) is 0. The van der Waals surface area contributed by atoms with E-state index in [1.54, 1.807) is 11.3 Å². The van der Waals surface area contributed by atoms with E-state index in [-0.39, 0.29) is 5.97 Å². The molecule has 1 aromatic rings. The molecule has 1 aromatic heterocycles. The van der Waals surface area contributed by atoms with Crippen LogP contribution < -0.4 is 4.90 Å². The normalized spacial score (nSPS) is 16.2. The first-order valence-corrected chi connectivity index (χ1v) is 8.57. The fourth-order valence-corrected chi connectivity index (χ4v) is 3.38. The maximum absolute atomic E-state index is 11.4. The molecule has 0 spiro atoms. The SMILES string of the molecule is CCOC(=O)CCc1csc(N2CCC(OCC)CC2)n1.